The molecular formula is C16H23N5. The summed E-state index contributed by atoms with van der Waals surface area (Å²) in [7, 11) is 1.92. The molecule has 112 valence electrons. The van der Waals surface area contributed by atoms with Crippen molar-refractivity contribution < 1.29 is 0 Å². The second-order valence-electron chi connectivity index (χ2n) is 6.84. The highest BCUT2D eigenvalue weighted by Crippen LogP contribution is 2.46. The van der Waals surface area contributed by atoms with Crippen molar-refractivity contribution >= 4 is 16.9 Å². The molecular weight excluding hydrogens is 262 g/mol. The number of hydrogen-bond acceptors (Lipinski definition) is 4. The van der Waals surface area contributed by atoms with Gasteiger partial charge in [0.15, 0.2) is 5.65 Å². The molecule has 2 aromatic rings. The predicted octanol–water partition coefficient (Wildman–Crippen LogP) is 2.99. The molecule has 5 heteroatoms. The van der Waals surface area contributed by atoms with Gasteiger partial charge in [0.25, 0.3) is 0 Å². The van der Waals surface area contributed by atoms with Crippen LogP contribution in [0, 0.1) is 17.8 Å². The monoisotopic (exact) mass is 285 g/mol. The van der Waals surface area contributed by atoms with Gasteiger partial charge in [-0.1, -0.05) is 12.8 Å². The summed E-state index contributed by atoms with van der Waals surface area (Å²) in [5.41, 5.74) is 0.893. The summed E-state index contributed by atoms with van der Waals surface area (Å²) in [5, 5.41) is 8.96. The number of aryl methyl sites for hydroxylation is 1. The summed E-state index contributed by atoms with van der Waals surface area (Å²) in [6, 6.07) is 0.469. The molecule has 2 aromatic heterocycles. The summed E-state index contributed by atoms with van der Waals surface area (Å²) in [4.78, 5) is 8.75. The number of rotatable bonds is 3. The Labute approximate surface area is 125 Å². The SMILES string of the molecule is CC(Nc1ncnc2c1cnn2C)C1CC2CCC1CC2. The highest BCUT2D eigenvalue weighted by molar-refractivity contribution is 5.86. The minimum atomic E-state index is 0.469. The van der Waals surface area contributed by atoms with Crippen molar-refractivity contribution in [3.05, 3.63) is 12.5 Å². The van der Waals surface area contributed by atoms with Crippen LogP contribution in [0.2, 0.25) is 0 Å². The fraction of sp³-hybridized carbons (Fsp3) is 0.688. The van der Waals surface area contributed by atoms with Gasteiger partial charge >= 0.3 is 0 Å². The van der Waals surface area contributed by atoms with E-state index in [4.69, 9.17) is 0 Å². The highest BCUT2D eigenvalue weighted by Gasteiger charge is 2.38. The Kier molecular flexibility index (Phi) is 3.08. The Balaban J connectivity index is 1.57. The Morgan fingerprint density at radius 2 is 2.05 bits per heavy atom. The third kappa shape index (κ3) is 2.19. The van der Waals surface area contributed by atoms with E-state index < -0.39 is 0 Å². The van der Waals surface area contributed by atoms with E-state index >= 15 is 0 Å². The number of aromatic nitrogens is 4. The fourth-order valence-corrected chi connectivity index (χ4v) is 4.44. The van der Waals surface area contributed by atoms with Crippen molar-refractivity contribution in [3.8, 4) is 0 Å². The maximum atomic E-state index is 4.44. The lowest BCUT2D eigenvalue weighted by atomic mass is 9.63. The van der Waals surface area contributed by atoms with Gasteiger partial charge in [-0.05, 0) is 43.9 Å². The first kappa shape index (κ1) is 13.0. The van der Waals surface area contributed by atoms with E-state index in [1.54, 1.807) is 11.0 Å². The van der Waals surface area contributed by atoms with Crippen LogP contribution >= 0.6 is 0 Å². The molecule has 3 aliphatic rings. The molecule has 0 aromatic carbocycles. The molecule has 2 atom stereocenters. The van der Waals surface area contributed by atoms with Crippen molar-refractivity contribution in [2.24, 2.45) is 24.8 Å². The minimum Gasteiger partial charge on any atom is -0.367 e. The van der Waals surface area contributed by atoms with Gasteiger partial charge in [0.2, 0.25) is 0 Å². The van der Waals surface area contributed by atoms with E-state index in [9.17, 15) is 0 Å². The zero-order valence-electron chi connectivity index (χ0n) is 12.8. The third-order valence-electron chi connectivity index (χ3n) is 5.64. The molecule has 1 N–H and O–H groups in total. The second kappa shape index (κ2) is 4.97. The summed E-state index contributed by atoms with van der Waals surface area (Å²) in [5.74, 6) is 3.60. The summed E-state index contributed by atoms with van der Waals surface area (Å²) < 4.78 is 1.80. The van der Waals surface area contributed by atoms with E-state index in [1.165, 1.54) is 32.1 Å². The van der Waals surface area contributed by atoms with Crippen LogP contribution in [0.4, 0.5) is 5.82 Å². The van der Waals surface area contributed by atoms with Crippen LogP contribution in [0.15, 0.2) is 12.5 Å². The number of nitrogens with one attached hydrogen (secondary N) is 1. The van der Waals surface area contributed by atoms with Crippen molar-refractivity contribution in [3.63, 3.8) is 0 Å². The number of anilines is 1. The fourth-order valence-electron chi connectivity index (χ4n) is 4.44. The molecule has 21 heavy (non-hydrogen) atoms. The van der Waals surface area contributed by atoms with Crippen molar-refractivity contribution in [1.29, 1.82) is 0 Å². The van der Waals surface area contributed by atoms with Gasteiger partial charge in [-0.3, -0.25) is 4.68 Å². The zero-order valence-corrected chi connectivity index (χ0v) is 12.8. The van der Waals surface area contributed by atoms with Crippen LogP contribution in [0.25, 0.3) is 11.0 Å². The highest BCUT2D eigenvalue weighted by atomic mass is 15.3. The molecule has 3 saturated carbocycles. The maximum Gasteiger partial charge on any atom is 0.163 e. The number of hydrogen-bond donors (Lipinski definition) is 1. The van der Waals surface area contributed by atoms with Crippen molar-refractivity contribution in [2.45, 2.75) is 45.1 Å². The Bertz CT molecular complexity index is 641. The lowest BCUT2D eigenvalue weighted by Gasteiger charge is -2.45. The quantitative estimate of drug-likeness (QED) is 0.942. The Hall–Kier alpha value is -1.65. The molecule has 0 radical (unpaired) electrons. The summed E-state index contributed by atoms with van der Waals surface area (Å²) in [6.45, 7) is 2.32. The molecule has 5 nitrogen and oxygen atoms in total. The van der Waals surface area contributed by atoms with Gasteiger partial charge in [0.1, 0.15) is 12.1 Å². The van der Waals surface area contributed by atoms with E-state index in [1.807, 2.05) is 13.2 Å². The van der Waals surface area contributed by atoms with Crippen LogP contribution < -0.4 is 5.32 Å². The van der Waals surface area contributed by atoms with Crippen molar-refractivity contribution in [1.82, 2.24) is 19.7 Å². The van der Waals surface area contributed by atoms with Crippen LogP contribution in [-0.2, 0) is 7.05 Å². The molecule has 0 amide bonds. The van der Waals surface area contributed by atoms with Gasteiger partial charge in [-0.15, -0.1) is 0 Å². The molecule has 0 aliphatic heterocycles. The largest absolute Gasteiger partial charge is 0.367 e. The Morgan fingerprint density at radius 3 is 2.76 bits per heavy atom. The van der Waals surface area contributed by atoms with Crippen molar-refractivity contribution in [2.75, 3.05) is 5.32 Å². The van der Waals surface area contributed by atoms with Gasteiger partial charge in [0.05, 0.1) is 11.6 Å². The molecule has 2 unspecified atom stereocenters. The van der Waals surface area contributed by atoms with E-state index in [0.29, 0.717) is 6.04 Å². The third-order valence-corrected chi connectivity index (χ3v) is 5.64. The minimum absolute atomic E-state index is 0.469. The van der Waals surface area contributed by atoms with Crippen LogP contribution in [0.5, 0.6) is 0 Å². The van der Waals surface area contributed by atoms with Crippen LogP contribution in [0.3, 0.4) is 0 Å². The molecule has 0 saturated heterocycles. The van der Waals surface area contributed by atoms with Crippen LogP contribution in [-0.4, -0.2) is 25.8 Å². The molecule has 2 heterocycles. The predicted molar refractivity (Wildman–Crippen MR) is 82.9 cm³/mol. The average molecular weight is 285 g/mol. The first-order valence-electron chi connectivity index (χ1n) is 8.11. The van der Waals surface area contributed by atoms with Gasteiger partial charge in [0, 0.05) is 13.1 Å². The van der Waals surface area contributed by atoms with Crippen LogP contribution in [0.1, 0.15) is 39.0 Å². The number of nitrogens with zero attached hydrogens (tertiary/aromatic N) is 4. The first-order valence-corrected chi connectivity index (χ1v) is 8.11. The maximum absolute atomic E-state index is 4.44. The number of fused-ring (bicyclic) bond motifs is 4. The lowest BCUT2D eigenvalue weighted by molar-refractivity contribution is 0.0892. The normalized spacial score (nSPS) is 29.7. The molecule has 3 fully saturated rings. The van der Waals surface area contributed by atoms with E-state index in [-0.39, 0.29) is 0 Å². The Morgan fingerprint density at radius 1 is 1.24 bits per heavy atom. The van der Waals surface area contributed by atoms with E-state index in [2.05, 4.69) is 27.3 Å². The molecule has 3 aliphatic carbocycles. The van der Waals surface area contributed by atoms with Gasteiger partial charge in [-0.2, -0.15) is 5.10 Å². The second-order valence-corrected chi connectivity index (χ2v) is 6.84. The first-order chi connectivity index (χ1) is 10.2. The summed E-state index contributed by atoms with van der Waals surface area (Å²) >= 11 is 0. The smallest absolute Gasteiger partial charge is 0.163 e. The standard InChI is InChI=1S/C16H23N5/c1-10(13-7-11-3-5-12(13)6-4-11)20-15-14-8-19-21(2)16(14)18-9-17-15/h8-13H,3-7H2,1-2H3,(H,17,18,20). The summed E-state index contributed by atoms with van der Waals surface area (Å²) in [6.07, 6.45) is 10.6. The van der Waals surface area contributed by atoms with Gasteiger partial charge in [-0.25, -0.2) is 9.97 Å². The molecule has 2 bridgehead atoms. The topological polar surface area (TPSA) is 55.6 Å². The lowest BCUT2D eigenvalue weighted by Crippen LogP contribution is -2.40. The zero-order chi connectivity index (χ0) is 14.4. The average Bonchev–Trinajstić information content (AvgIpc) is 2.91. The molecule has 5 rings (SSSR count). The van der Waals surface area contributed by atoms with Gasteiger partial charge < -0.3 is 5.32 Å². The van der Waals surface area contributed by atoms with E-state index in [0.717, 1.165) is 34.6 Å². The molecule has 0 spiro atoms.